The van der Waals surface area contributed by atoms with E-state index in [4.69, 9.17) is 0 Å². The van der Waals surface area contributed by atoms with E-state index in [9.17, 15) is 0 Å². The van der Waals surface area contributed by atoms with E-state index in [0.717, 1.165) is 23.9 Å². The summed E-state index contributed by atoms with van der Waals surface area (Å²) in [6.45, 7) is 10.9. The Bertz CT molecular complexity index is 233. The predicted molar refractivity (Wildman–Crippen MR) is 78.9 cm³/mol. The van der Waals surface area contributed by atoms with Crippen molar-refractivity contribution in [3.8, 4) is 0 Å². The summed E-state index contributed by atoms with van der Waals surface area (Å²) in [5, 5.41) is 3.62. The van der Waals surface area contributed by atoms with Gasteiger partial charge in [-0.1, -0.05) is 33.6 Å². The van der Waals surface area contributed by atoms with Gasteiger partial charge in [0.25, 0.3) is 0 Å². The van der Waals surface area contributed by atoms with Gasteiger partial charge in [-0.2, -0.15) is 0 Å². The summed E-state index contributed by atoms with van der Waals surface area (Å²) in [5.41, 5.74) is 0. The minimum absolute atomic E-state index is 0.792. The first-order valence-corrected chi connectivity index (χ1v) is 8.15. The fourth-order valence-electron chi connectivity index (χ4n) is 3.68. The molecule has 18 heavy (non-hydrogen) atoms. The first kappa shape index (κ1) is 14.3. The molecule has 2 nitrogen and oxygen atoms in total. The van der Waals surface area contributed by atoms with Crippen molar-refractivity contribution in [3.05, 3.63) is 0 Å². The van der Waals surface area contributed by atoms with Gasteiger partial charge in [0.1, 0.15) is 0 Å². The van der Waals surface area contributed by atoms with Crippen LogP contribution in [0.1, 0.15) is 59.3 Å². The number of nitrogens with zero attached hydrogens (tertiary/aromatic N) is 1. The van der Waals surface area contributed by atoms with E-state index in [1.54, 1.807) is 0 Å². The quantitative estimate of drug-likeness (QED) is 0.808. The van der Waals surface area contributed by atoms with E-state index in [-0.39, 0.29) is 0 Å². The van der Waals surface area contributed by atoms with E-state index >= 15 is 0 Å². The van der Waals surface area contributed by atoms with Gasteiger partial charge in [-0.25, -0.2) is 0 Å². The Balaban J connectivity index is 1.97. The lowest BCUT2D eigenvalue weighted by atomic mass is 9.91. The maximum atomic E-state index is 3.62. The van der Waals surface area contributed by atoms with Crippen molar-refractivity contribution < 1.29 is 0 Å². The van der Waals surface area contributed by atoms with Crippen molar-refractivity contribution in [1.82, 2.24) is 10.2 Å². The van der Waals surface area contributed by atoms with Crippen LogP contribution in [-0.2, 0) is 0 Å². The highest BCUT2D eigenvalue weighted by Crippen LogP contribution is 2.29. The molecular weight excluding hydrogens is 220 g/mol. The third-order valence-corrected chi connectivity index (χ3v) is 4.97. The van der Waals surface area contributed by atoms with Gasteiger partial charge in [0.15, 0.2) is 0 Å². The normalized spacial score (nSPS) is 30.5. The van der Waals surface area contributed by atoms with Crippen LogP contribution in [0.15, 0.2) is 0 Å². The van der Waals surface area contributed by atoms with E-state index in [0.29, 0.717) is 0 Å². The second kappa shape index (κ2) is 6.91. The first-order valence-electron chi connectivity index (χ1n) is 8.15. The zero-order valence-corrected chi connectivity index (χ0v) is 12.6. The second-order valence-corrected chi connectivity index (χ2v) is 6.90. The minimum Gasteiger partial charge on any atom is -0.315 e. The fourth-order valence-corrected chi connectivity index (χ4v) is 3.68. The van der Waals surface area contributed by atoms with Crippen LogP contribution in [0.5, 0.6) is 0 Å². The molecule has 2 aliphatic rings. The Morgan fingerprint density at radius 3 is 2.50 bits per heavy atom. The highest BCUT2D eigenvalue weighted by molar-refractivity contribution is 4.89. The van der Waals surface area contributed by atoms with Gasteiger partial charge in [-0.05, 0) is 50.6 Å². The van der Waals surface area contributed by atoms with Crippen LogP contribution in [0.25, 0.3) is 0 Å². The van der Waals surface area contributed by atoms with Crippen LogP contribution in [0.4, 0.5) is 0 Å². The summed E-state index contributed by atoms with van der Waals surface area (Å²) >= 11 is 0. The van der Waals surface area contributed by atoms with Crippen LogP contribution in [0.3, 0.4) is 0 Å². The standard InChI is InChI=1S/C16H32N2/c1-13(2)9-11-18(15-6-4-5-7-15)16-12-17-10-8-14(16)3/h13-17H,4-12H2,1-3H3. The van der Waals surface area contributed by atoms with Crippen molar-refractivity contribution in [2.75, 3.05) is 19.6 Å². The molecule has 1 N–H and O–H groups in total. The number of rotatable bonds is 5. The molecule has 0 amide bonds. The summed E-state index contributed by atoms with van der Waals surface area (Å²) in [7, 11) is 0. The van der Waals surface area contributed by atoms with Crippen LogP contribution in [0, 0.1) is 11.8 Å². The van der Waals surface area contributed by atoms with Crippen LogP contribution in [0.2, 0.25) is 0 Å². The molecule has 2 heteroatoms. The lowest BCUT2D eigenvalue weighted by molar-refractivity contribution is 0.0749. The van der Waals surface area contributed by atoms with Gasteiger partial charge >= 0.3 is 0 Å². The molecule has 1 saturated carbocycles. The van der Waals surface area contributed by atoms with Crippen molar-refractivity contribution in [1.29, 1.82) is 0 Å². The summed E-state index contributed by atoms with van der Waals surface area (Å²) < 4.78 is 0. The molecule has 0 spiro atoms. The average molecular weight is 252 g/mol. The molecule has 0 aromatic carbocycles. The lowest BCUT2D eigenvalue weighted by Crippen LogP contribution is -2.54. The van der Waals surface area contributed by atoms with E-state index in [2.05, 4.69) is 31.0 Å². The summed E-state index contributed by atoms with van der Waals surface area (Å²) in [6.07, 6.45) is 8.52. The smallest absolute Gasteiger partial charge is 0.0249 e. The number of hydrogen-bond acceptors (Lipinski definition) is 2. The van der Waals surface area contributed by atoms with Crippen LogP contribution >= 0.6 is 0 Å². The summed E-state index contributed by atoms with van der Waals surface area (Å²) in [5.74, 6) is 1.71. The molecule has 1 aliphatic carbocycles. The molecule has 2 atom stereocenters. The lowest BCUT2D eigenvalue weighted by Gasteiger charge is -2.42. The Morgan fingerprint density at radius 1 is 1.17 bits per heavy atom. The van der Waals surface area contributed by atoms with Gasteiger partial charge in [0, 0.05) is 18.6 Å². The van der Waals surface area contributed by atoms with E-state index in [1.165, 1.54) is 58.2 Å². The molecule has 106 valence electrons. The number of nitrogens with one attached hydrogen (secondary N) is 1. The zero-order chi connectivity index (χ0) is 13.0. The molecule has 0 radical (unpaired) electrons. The van der Waals surface area contributed by atoms with Crippen LogP contribution < -0.4 is 5.32 Å². The number of hydrogen-bond donors (Lipinski definition) is 1. The Kier molecular flexibility index (Phi) is 5.50. The molecule has 1 saturated heterocycles. The second-order valence-electron chi connectivity index (χ2n) is 6.90. The molecule has 2 fully saturated rings. The third-order valence-electron chi connectivity index (χ3n) is 4.97. The molecular formula is C16H32N2. The Hall–Kier alpha value is -0.0800. The maximum absolute atomic E-state index is 3.62. The van der Waals surface area contributed by atoms with Gasteiger partial charge in [-0.3, -0.25) is 4.90 Å². The minimum atomic E-state index is 0.792. The average Bonchev–Trinajstić information content (AvgIpc) is 2.85. The largest absolute Gasteiger partial charge is 0.315 e. The molecule has 0 bridgehead atoms. The van der Waals surface area contributed by atoms with Crippen molar-refractivity contribution >= 4 is 0 Å². The highest BCUT2D eigenvalue weighted by Gasteiger charge is 2.32. The Labute approximate surface area is 114 Å². The molecule has 1 heterocycles. The van der Waals surface area contributed by atoms with Crippen LogP contribution in [-0.4, -0.2) is 36.6 Å². The molecule has 0 aromatic heterocycles. The van der Waals surface area contributed by atoms with Crippen molar-refractivity contribution in [3.63, 3.8) is 0 Å². The summed E-state index contributed by atoms with van der Waals surface area (Å²) in [6, 6.07) is 1.68. The Morgan fingerprint density at radius 2 is 1.89 bits per heavy atom. The summed E-state index contributed by atoms with van der Waals surface area (Å²) in [4.78, 5) is 2.88. The van der Waals surface area contributed by atoms with Crippen molar-refractivity contribution in [2.45, 2.75) is 71.4 Å². The molecule has 2 unspecified atom stereocenters. The monoisotopic (exact) mass is 252 g/mol. The third kappa shape index (κ3) is 3.71. The molecule has 2 rings (SSSR count). The fraction of sp³-hybridized carbons (Fsp3) is 1.00. The first-order chi connectivity index (χ1) is 8.68. The number of piperidine rings is 1. The molecule has 0 aromatic rings. The van der Waals surface area contributed by atoms with E-state index in [1.807, 2.05) is 0 Å². The van der Waals surface area contributed by atoms with Gasteiger partial charge < -0.3 is 5.32 Å². The van der Waals surface area contributed by atoms with Gasteiger partial charge in [0.05, 0.1) is 0 Å². The van der Waals surface area contributed by atoms with Gasteiger partial charge in [0.2, 0.25) is 0 Å². The molecule has 1 aliphatic heterocycles. The highest BCUT2D eigenvalue weighted by atomic mass is 15.2. The topological polar surface area (TPSA) is 15.3 Å². The SMILES string of the molecule is CC(C)CCN(C1CCCC1)C1CNCCC1C. The zero-order valence-electron chi connectivity index (χ0n) is 12.6. The van der Waals surface area contributed by atoms with Gasteiger partial charge in [-0.15, -0.1) is 0 Å². The predicted octanol–water partition coefficient (Wildman–Crippen LogP) is 3.28. The van der Waals surface area contributed by atoms with E-state index < -0.39 is 0 Å². The van der Waals surface area contributed by atoms with Crippen molar-refractivity contribution in [2.24, 2.45) is 11.8 Å². The maximum Gasteiger partial charge on any atom is 0.0249 e.